The third kappa shape index (κ3) is 4.17. The van der Waals surface area contributed by atoms with Crippen molar-refractivity contribution in [1.82, 2.24) is 20.2 Å². The van der Waals surface area contributed by atoms with Crippen molar-refractivity contribution >= 4 is 23.2 Å². The molecule has 0 unspecified atom stereocenters. The number of anilines is 1. The van der Waals surface area contributed by atoms with Crippen LogP contribution in [-0.2, 0) is 10.2 Å². The third-order valence-electron chi connectivity index (χ3n) is 6.38. The highest BCUT2D eigenvalue weighted by atomic mass is 35.5. The average molecular weight is 418 g/mol. The Balaban J connectivity index is 1.50. The lowest BCUT2D eigenvalue weighted by Crippen LogP contribution is -2.61. The Morgan fingerprint density at radius 3 is 2.86 bits per heavy atom. The quantitative estimate of drug-likeness (QED) is 0.814. The molecule has 3 aliphatic heterocycles. The highest BCUT2D eigenvalue weighted by Crippen LogP contribution is 2.41. The van der Waals surface area contributed by atoms with Crippen LogP contribution in [0.5, 0.6) is 0 Å². The Bertz CT molecular complexity index is 810. The van der Waals surface area contributed by atoms with E-state index in [0.29, 0.717) is 24.2 Å². The van der Waals surface area contributed by atoms with Gasteiger partial charge in [0.1, 0.15) is 0 Å². The summed E-state index contributed by atoms with van der Waals surface area (Å²) in [5.41, 5.74) is 2.10. The van der Waals surface area contributed by atoms with Crippen LogP contribution < -0.4 is 10.2 Å². The number of halogens is 1. The number of likely N-dealkylation sites (N-methyl/N-ethyl adjacent to an activating group) is 1. The minimum absolute atomic E-state index is 0.0607. The summed E-state index contributed by atoms with van der Waals surface area (Å²) in [6.45, 7) is 11.3. The molecule has 1 amide bonds. The minimum atomic E-state index is -0.0607. The first kappa shape index (κ1) is 20.7. The van der Waals surface area contributed by atoms with E-state index in [9.17, 15) is 4.79 Å². The summed E-state index contributed by atoms with van der Waals surface area (Å²) in [7, 11) is 2.10. The number of nitrogens with one attached hydrogen (secondary N) is 1. The van der Waals surface area contributed by atoms with Gasteiger partial charge >= 0.3 is 0 Å². The van der Waals surface area contributed by atoms with Gasteiger partial charge in [-0.2, -0.15) is 0 Å². The number of nitrogens with zero attached hydrogens (tertiary/aromatic N) is 4. The van der Waals surface area contributed by atoms with Gasteiger partial charge in [0.05, 0.1) is 13.1 Å². The first-order valence-electron chi connectivity index (χ1n) is 10.5. The molecule has 1 N–H and O–H groups in total. The van der Waals surface area contributed by atoms with Gasteiger partial charge in [0, 0.05) is 67.6 Å². The first-order valence-corrected chi connectivity index (χ1v) is 10.8. The zero-order chi connectivity index (χ0) is 20.8. The zero-order valence-electron chi connectivity index (χ0n) is 17.9. The van der Waals surface area contributed by atoms with Crippen LogP contribution in [0.1, 0.15) is 26.3 Å². The maximum absolute atomic E-state index is 13.4. The molecule has 0 aromatic heterocycles. The highest BCUT2D eigenvalue weighted by Gasteiger charge is 2.39. The third-order valence-corrected chi connectivity index (χ3v) is 6.62. The molecular formula is C22H32ClN5O. The van der Waals surface area contributed by atoms with Crippen molar-refractivity contribution in [2.24, 2.45) is 0 Å². The fourth-order valence-electron chi connectivity index (χ4n) is 4.71. The van der Waals surface area contributed by atoms with Crippen LogP contribution in [-0.4, -0.2) is 79.2 Å². The van der Waals surface area contributed by atoms with Crippen LogP contribution in [0, 0.1) is 0 Å². The van der Waals surface area contributed by atoms with Crippen LogP contribution in [0.3, 0.4) is 0 Å². The standard InChI is InChI=1S/C22H32ClN5O/c1-16-12-26(18(11-24-16)13-27-9-5-8-25(27)4)14-21(29)28-15-22(2,3)19-7-6-17(23)10-20(19)28/h5-7,9-10,16,18,24H,8,11-15H2,1-4H3/t16-,18-/m1/s1. The summed E-state index contributed by atoms with van der Waals surface area (Å²) in [6.07, 6.45) is 4.31. The Kier molecular flexibility index (Phi) is 5.64. The molecule has 0 spiro atoms. The molecule has 2 atom stereocenters. The lowest BCUT2D eigenvalue weighted by molar-refractivity contribution is -0.121. The number of amides is 1. The number of rotatable bonds is 4. The highest BCUT2D eigenvalue weighted by molar-refractivity contribution is 6.31. The predicted molar refractivity (Wildman–Crippen MR) is 118 cm³/mol. The molecule has 0 aliphatic carbocycles. The summed E-state index contributed by atoms with van der Waals surface area (Å²) in [4.78, 5) is 17.7. The van der Waals surface area contributed by atoms with Gasteiger partial charge in [-0.05, 0) is 24.6 Å². The van der Waals surface area contributed by atoms with Crippen LogP contribution in [0.25, 0.3) is 0 Å². The number of carbonyl (C=O) groups excluding carboxylic acids is 1. The molecule has 6 nitrogen and oxygen atoms in total. The zero-order valence-corrected chi connectivity index (χ0v) is 18.6. The van der Waals surface area contributed by atoms with E-state index in [1.54, 1.807) is 0 Å². The number of hydrogen-bond acceptors (Lipinski definition) is 5. The van der Waals surface area contributed by atoms with Gasteiger partial charge in [0.25, 0.3) is 0 Å². The molecule has 3 heterocycles. The first-order chi connectivity index (χ1) is 13.7. The molecule has 1 fully saturated rings. The van der Waals surface area contributed by atoms with E-state index in [0.717, 1.165) is 31.9 Å². The Hall–Kier alpha value is -1.60. The molecule has 1 aromatic carbocycles. The van der Waals surface area contributed by atoms with Gasteiger partial charge in [0.2, 0.25) is 5.91 Å². The van der Waals surface area contributed by atoms with Crippen LogP contribution in [0.2, 0.25) is 5.02 Å². The second kappa shape index (κ2) is 7.91. The van der Waals surface area contributed by atoms with Crippen molar-refractivity contribution in [1.29, 1.82) is 0 Å². The SMILES string of the molecule is C[C@@H]1CN(CC(=O)N2CC(C)(C)c3ccc(Cl)cc32)[C@@H](CN2C=CCN2C)CN1. The fraction of sp³-hybridized carbons (Fsp3) is 0.591. The van der Waals surface area contributed by atoms with E-state index in [2.05, 4.69) is 66.4 Å². The number of carbonyl (C=O) groups is 1. The van der Waals surface area contributed by atoms with E-state index >= 15 is 0 Å². The lowest BCUT2D eigenvalue weighted by atomic mass is 9.87. The second-order valence-electron chi connectivity index (χ2n) is 9.26. The predicted octanol–water partition coefficient (Wildman–Crippen LogP) is 2.30. The molecule has 158 valence electrons. The van der Waals surface area contributed by atoms with Gasteiger partial charge in [-0.25, -0.2) is 5.01 Å². The summed E-state index contributed by atoms with van der Waals surface area (Å²) < 4.78 is 0. The van der Waals surface area contributed by atoms with E-state index in [1.165, 1.54) is 5.56 Å². The molecule has 29 heavy (non-hydrogen) atoms. The average Bonchev–Trinajstić information content (AvgIpc) is 3.17. The van der Waals surface area contributed by atoms with Crippen molar-refractivity contribution in [2.75, 3.05) is 51.2 Å². The van der Waals surface area contributed by atoms with Crippen molar-refractivity contribution in [3.05, 3.63) is 41.1 Å². The number of hydrogen-bond donors (Lipinski definition) is 1. The summed E-state index contributed by atoms with van der Waals surface area (Å²) >= 11 is 6.26. The molecule has 0 radical (unpaired) electrons. The Morgan fingerprint density at radius 2 is 2.14 bits per heavy atom. The van der Waals surface area contributed by atoms with Crippen molar-refractivity contribution < 1.29 is 4.79 Å². The van der Waals surface area contributed by atoms with E-state index in [-0.39, 0.29) is 17.4 Å². The summed E-state index contributed by atoms with van der Waals surface area (Å²) in [5.74, 6) is 0.156. The van der Waals surface area contributed by atoms with Gasteiger partial charge in [0.15, 0.2) is 0 Å². The Morgan fingerprint density at radius 1 is 1.34 bits per heavy atom. The molecule has 0 saturated carbocycles. The monoisotopic (exact) mass is 417 g/mol. The maximum Gasteiger partial charge on any atom is 0.241 e. The summed E-state index contributed by atoms with van der Waals surface area (Å²) in [6, 6.07) is 6.59. The molecule has 0 bridgehead atoms. The van der Waals surface area contributed by atoms with Crippen LogP contribution in [0.4, 0.5) is 5.69 Å². The molecule has 1 saturated heterocycles. The minimum Gasteiger partial charge on any atom is -0.312 e. The van der Waals surface area contributed by atoms with E-state index in [4.69, 9.17) is 11.6 Å². The number of piperazine rings is 1. The molecule has 7 heteroatoms. The maximum atomic E-state index is 13.4. The van der Waals surface area contributed by atoms with Gasteiger partial charge < -0.3 is 15.2 Å². The second-order valence-corrected chi connectivity index (χ2v) is 9.70. The lowest BCUT2D eigenvalue weighted by Gasteiger charge is -2.42. The van der Waals surface area contributed by atoms with Gasteiger partial charge in [-0.1, -0.05) is 37.6 Å². The van der Waals surface area contributed by atoms with Gasteiger partial charge in [-0.3, -0.25) is 9.69 Å². The van der Waals surface area contributed by atoms with E-state index < -0.39 is 0 Å². The molecule has 3 aliphatic rings. The van der Waals surface area contributed by atoms with E-state index in [1.807, 2.05) is 17.0 Å². The Labute approximate surface area is 179 Å². The van der Waals surface area contributed by atoms with Gasteiger partial charge in [-0.15, -0.1) is 0 Å². The van der Waals surface area contributed by atoms with Crippen molar-refractivity contribution in [2.45, 2.75) is 38.3 Å². The molecule has 1 aromatic rings. The fourth-order valence-corrected chi connectivity index (χ4v) is 4.88. The van der Waals surface area contributed by atoms with Crippen LogP contribution >= 0.6 is 11.6 Å². The normalized spacial score (nSPS) is 26.9. The molecule has 4 rings (SSSR count). The van der Waals surface area contributed by atoms with Crippen molar-refractivity contribution in [3.8, 4) is 0 Å². The number of hydrazine groups is 1. The number of fused-ring (bicyclic) bond motifs is 1. The topological polar surface area (TPSA) is 42.1 Å². The summed E-state index contributed by atoms with van der Waals surface area (Å²) in [5, 5.41) is 8.71. The van der Waals surface area contributed by atoms with Crippen molar-refractivity contribution in [3.63, 3.8) is 0 Å². The number of benzene rings is 1. The smallest absolute Gasteiger partial charge is 0.241 e. The largest absolute Gasteiger partial charge is 0.312 e. The van der Waals surface area contributed by atoms with Crippen LogP contribution in [0.15, 0.2) is 30.5 Å². The molecular weight excluding hydrogens is 386 g/mol.